The second-order valence-electron chi connectivity index (χ2n) is 3.28. The first-order valence-electron chi connectivity index (χ1n) is 5.01. The Hall–Kier alpha value is -1.53. The third-order valence-corrected chi connectivity index (χ3v) is 2.02. The van der Waals surface area contributed by atoms with Gasteiger partial charge in [-0.15, -0.1) is 0 Å². The number of ether oxygens (including phenoxy) is 1. The number of nitrogens with two attached hydrogens (primary N) is 1. The minimum absolute atomic E-state index is 0.568. The SMILES string of the molecule is COCCN=C(NN)N(C)Cc1ccco1. The van der Waals surface area contributed by atoms with Gasteiger partial charge in [0, 0.05) is 14.2 Å². The molecular weight excluding hydrogens is 208 g/mol. The summed E-state index contributed by atoms with van der Waals surface area (Å²) in [5, 5.41) is 0. The Bertz CT molecular complexity index is 311. The molecule has 1 aromatic rings. The van der Waals surface area contributed by atoms with Crippen molar-refractivity contribution in [2.45, 2.75) is 6.54 Å². The van der Waals surface area contributed by atoms with Crippen LogP contribution in [-0.2, 0) is 11.3 Å². The molecular formula is C10H18N4O2. The molecule has 1 heterocycles. The van der Waals surface area contributed by atoms with Gasteiger partial charge in [0.2, 0.25) is 5.96 Å². The normalized spacial score (nSPS) is 11.6. The van der Waals surface area contributed by atoms with Crippen LogP contribution in [0.1, 0.15) is 5.76 Å². The molecule has 0 fully saturated rings. The number of hydrogen-bond donors (Lipinski definition) is 2. The largest absolute Gasteiger partial charge is 0.467 e. The van der Waals surface area contributed by atoms with Crippen LogP contribution in [-0.4, -0.2) is 38.2 Å². The Morgan fingerprint density at radius 2 is 2.50 bits per heavy atom. The van der Waals surface area contributed by atoms with Crippen molar-refractivity contribution in [3.05, 3.63) is 24.2 Å². The quantitative estimate of drug-likeness (QED) is 0.246. The van der Waals surface area contributed by atoms with Gasteiger partial charge >= 0.3 is 0 Å². The monoisotopic (exact) mass is 226 g/mol. The molecule has 6 nitrogen and oxygen atoms in total. The number of nitrogens with one attached hydrogen (secondary N) is 1. The molecule has 0 saturated heterocycles. The molecule has 0 amide bonds. The van der Waals surface area contributed by atoms with Gasteiger partial charge in [-0.3, -0.25) is 5.43 Å². The summed E-state index contributed by atoms with van der Waals surface area (Å²) in [6.45, 7) is 1.75. The van der Waals surface area contributed by atoms with E-state index in [2.05, 4.69) is 10.4 Å². The van der Waals surface area contributed by atoms with Crippen LogP contribution in [0.3, 0.4) is 0 Å². The molecule has 0 unspecified atom stereocenters. The first kappa shape index (κ1) is 12.5. The number of guanidine groups is 1. The molecule has 16 heavy (non-hydrogen) atoms. The fraction of sp³-hybridized carbons (Fsp3) is 0.500. The Balaban J connectivity index is 2.48. The van der Waals surface area contributed by atoms with Crippen LogP contribution >= 0.6 is 0 Å². The summed E-state index contributed by atoms with van der Waals surface area (Å²) in [6, 6.07) is 3.75. The van der Waals surface area contributed by atoms with E-state index in [1.165, 1.54) is 0 Å². The van der Waals surface area contributed by atoms with Crippen LogP contribution in [0.5, 0.6) is 0 Å². The maximum atomic E-state index is 5.39. The van der Waals surface area contributed by atoms with Gasteiger partial charge in [-0.2, -0.15) is 0 Å². The minimum Gasteiger partial charge on any atom is -0.467 e. The fourth-order valence-electron chi connectivity index (χ4n) is 1.23. The van der Waals surface area contributed by atoms with Crippen LogP contribution < -0.4 is 11.3 Å². The third kappa shape index (κ3) is 3.92. The van der Waals surface area contributed by atoms with Crippen molar-refractivity contribution in [2.75, 3.05) is 27.3 Å². The summed E-state index contributed by atoms with van der Waals surface area (Å²) in [4.78, 5) is 6.12. The number of hydrazine groups is 1. The van der Waals surface area contributed by atoms with E-state index in [4.69, 9.17) is 15.0 Å². The van der Waals surface area contributed by atoms with Crippen molar-refractivity contribution in [1.82, 2.24) is 10.3 Å². The molecule has 1 rings (SSSR count). The van der Waals surface area contributed by atoms with Crippen LogP contribution in [0.4, 0.5) is 0 Å². The number of hydrogen-bond acceptors (Lipinski definition) is 4. The summed E-state index contributed by atoms with van der Waals surface area (Å²) in [6.07, 6.45) is 1.64. The number of nitrogens with zero attached hydrogens (tertiary/aromatic N) is 2. The van der Waals surface area contributed by atoms with E-state index in [0.717, 1.165) is 5.76 Å². The van der Waals surface area contributed by atoms with E-state index in [1.54, 1.807) is 13.4 Å². The number of rotatable bonds is 5. The molecule has 0 aromatic carbocycles. The van der Waals surface area contributed by atoms with E-state index < -0.39 is 0 Å². The van der Waals surface area contributed by atoms with Gasteiger partial charge in [0.15, 0.2) is 0 Å². The molecule has 0 atom stereocenters. The van der Waals surface area contributed by atoms with E-state index in [0.29, 0.717) is 25.7 Å². The highest BCUT2D eigenvalue weighted by atomic mass is 16.5. The fourth-order valence-corrected chi connectivity index (χ4v) is 1.23. The highest BCUT2D eigenvalue weighted by Crippen LogP contribution is 2.03. The van der Waals surface area contributed by atoms with Gasteiger partial charge < -0.3 is 14.1 Å². The zero-order valence-corrected chi connectivity index (χ0v) is 9.64. The molecule has 0 bridgehead atoms. The number of aliphatic imine (C=N–C) groups is 1. The predicted octanol–water partition coefficient (Wildman–Crippen LogP) is 0.177. The van der Waals surface area contributed by atoms with E-state index in [-0.39, 0.29) is 0 Å². The Morgan fingerprint density at radius 3 is 3.06 bits per heavy atom. The second kappa shape index (κ2) is 6.86. The van der Waals surface area contributed by atoms with Gasteiger partial charge in [-0.25, -0.2) is 10.8 Å². The highest BCUT2D eigenvalue weighted by molar-refractivity contribution is 5.79. The molecule has 3 N–H and O–H groups in total. The first-order valence-corrected chi connectivity index (χ1v) is 5.01. The second-order valence-corrected chi connectivity index (χ2v) is 3.28. The van der Waals surface area contributed by atoms with Gasteiger partial charge in [-0.1, -0.05) is 0 Å². The highest BCUT2D eigenvalue weighted by Gasteiger charge is 2.06. The summed E-state index contributed by atoms with van der Waals surface area (Å²) >= 11 is 0. The smallest absolute Gasteiger partial charge is 0.208 e. The molecule has 0 radical (unpaired) electrons. The molecule has 6 heteroatoms. The van der Waals surface area contributed by atoms with Crippen LogP contribution in [0.25, 0.3) is 0 Å². The average Bonchev–Trinajstić information content (AvgIpc) is 2.77. The summed E-state index contributed by atoms with van der Waals surface area (Å²) in [5.74, 6) is 6.85. The third-order valence-electron chi connectivity index (χ3n) is 2.02. The molecule has 90 valence electrons. The molecule has 0 aliphatic heterocycles. The molecule has 0 spiro atoms. The zero-order valence-electron chi connectivity index (χ0n) is 9.64. The van der Waals surface area contributed by atoms with Crippen molar-refractivity contribution < 1.29 is 9.15 Å². The Labute approximate surface area is 95.0 Å². The lowest BCUT2D eigenvalue weighted by Crippen LogP contribution is -2.42. The van der Waals surface area contributed by atoms with Gasteiger partial charge in [0.25, 0.3) is 0 Å². The summed E-state index contributed by atoms with van der Waals surface area (Å²) in [5.41, 5.74) is 2.55. The standard InChI is InChI=1S/C10H18N4O2/c1-14(8-9-4-3-6-16-9)10(13-11)12-5-7-15-2/h3-4,6H,5,7-8,11H2,1-2H3,(H,12,13). The molecule has 0 aliphatic carbocycles. The molecule has 1 aromatic heterocycles. The lowest BCUT2D eigenvalue weighted by atomic mass is 10.4. The lowest BCUT2D eigenvalue weighted by Gasteiger charge is -2.19. The van der Waals surface area contributed by atoms with E-state index >= 15 is 0 Å². The topological polar surface area (TPSA) is 76.0 Å². The van der Waals surface area contributed by atoms with E-state index in [1.807, 2.05) is 24.1 Å². The van der Waals surface area contributed by atoms with Crippen molar-refractivity contribution in [2.24, 2.45) is 10.8 Å². The number of furan rings is 1. The maximum absolute atomic E-state index is 5.39. The van der Waals surface area contributed by atoms with Crippen molar-refractivity contribution in [1.29, 1.82) is 0 Å². The van der Waals surface area contributed by atoms with Gasteiger partial charge in [0.1, 0.15) is 5.76 Å². The zero-order chi connectivity index (χ0) is 11.8. The van der Waals surface area contributed by atoms with Crippen LogP contribution in [0.2, 0.25) is 0 Å². The summed E-state index contributed by atoms with van der Waals surface area (Å²) in [7, 11) is 3.52. The first-order chi connectivity index (χ1) is 7.77. The number of methoxy groups -OCH3 is 1. The van der Waals surface area contributed by atoms with E-state index in [9.17, 15) is 0 Å². The van der Waals surface area contributed by atoms with Gasteiger partial charge in [-0.05, 0) is 12.1 Å². The average molecular weight is 226 g/mol. The molecule has 0 saturated carbocycles. The van der Waals surface area contributed by atoms with Crippen LogP contribution in [0.15, 0.2) is 27.8 Å². The van der Waals surface area contributed by atoms with Crippen molar-refractivity contribution in [3.63, 3.8) is 0 Å². The minimum atomic E-state index is 0.568. The summed E-state index contributed by atoms with van der Waals surface area (Å²) < 4.78 is 10.1. The Morgan fingerprint density at radius 1 is 1.69 bits per heavy atom. The van der Waals surface area contributed by atoms with Crippen LogP contribution in [0, 0.1) is 0 Å². The Kier molecular flexibility index (Phi) is 5.38. The lowest BCUT2D eigenvalue weighted by molar-refractivity contribution is 0.207. The maximum Gasteiger partial charge on any atom is 0.208 e. The predicted molar refractivity (Wildman–Crippen MR) is 61.7 cm³/mol. The van der Waals surface area contributed by atoms with Gasteiger partial charge in [0.05, 0.1) is 26.0 Å². The molecule has 0 aliphatic rings. The van der Waals surface area contributed by atoms with Crippen molar-refractivity contribution >= 4 is 5.96 Å². The van der Waals surface area contributed by atoms with Crippen molar-refractivity contribution in [3.8, 4) is 0 Å².